The summed E-state index contributed by atoms with van der Waals surface area (Å²) in [6.45, 7) is 0.00749. The first-order valence-electron chi connectivity index (χ1n) is 6.38. The molecule has 1 unspecified atom stereocenters. The molecule has 3 aromatic rings. The normalized spacial score (nSPS) is 12.5. The summed E-state index contributed by atoms with van der Waals surface area (Å²) in [7, 11) is 0. The minimum absolute atomic E-state index is 0.00749. The van der Waals surface area contributed by atoms with Crippen LogP contribution in [0.4, 0.5) is 4.39 Å². The van der Waals surface area contributed by atoms with Crippen LogP contribution < -0.4 is 5.56 Å². The van der Waals surface area contributed by atoms with E-state index >= 15 is 0 Å². The topological polar surface area (TPSA) is 68.0 Å². The predicted molar refractivity (Wildman–Crippen MR) is 75.2 cm³/mol. The van der Waals surface area contributed by atoms with E-state index in [1.54, 1.807) is 12.1 Å². The van der Waals surface area contributed by atoms with Gasteiger partial charge in [-0.05, 0) is 23.8 Å². The highest BCUT2D eigenvalue weighted by atomic mass is 19.1. The van der Waals surface area contributed by atoms with Crippen molar-refractivity contribution in [3.8, 4) is 0 Å². The zero-order chi connectivity index (χ0) is 14.8. The molecule has 6 heteroatoms. The Kier molecular flexibility index (Phi) is 3.45. The van der Waals surface area contributed by atoms with Crippen molar-refractivity contribution in [3.05, 3.63) is 70.8 Å². The number of hydrogen-bond donors (Lipinski definition) is 1. The summed E-state index contributed by atoms with van der Waals surface area (Å²) in [5.74, 6) is -0.429. The number of hydrogen-bond acceptors (Lipinski definition) is 4. The Morgan fingerprint density at radius 3 is 3.00 bits per heavy atom. The number of halogens is 1. The minimum Gasteiger partial charge on any atom is -0.387 e. The summed E-state index contributed by atoms with van der Waals surface area (Å²) in [6.07, 6.45) is 3.39. The molecule has 0 aliphatic rings. The Hall–Kier alpha value is -2.60. The molecule has 0 fully saturated rings. The van der Waals surface area contributed by atoms with Gasteiger partial charge < -0.3 is 5.11 Å². The molecule has 0 amide bonds. The fourth-order valence-corrected chi connectivity index (χ4v) is 2.14. The quantitative estimate of drug-likeness (QED) is 0.794. The zero-order valence-electron chi connectivity index (χ0n) is 11.0. The van der Waals surface area contributed by atoms with Crippen LogP contribution in [0.25, 0.3) is 10.9 Å². The summed E-state index contributed by atoms with van der Waals surface area (Å²) >= 11 is 0. The van der Waals surface area contributed by atoms with Crippen molar-refractivity contribution < 1.29 is 9.50 Å². The van der Waals surface area contributed by atoms with E-state index < -0.39 is 11.9 Å². The molecule has 1 atom stereocenters. The molecule has 0 aliphatic heterocycles. The van der Waals surface area contributed by atoms with Gasteiger partial charge in [-0.1, -0.05) is 12.1 Å². The van der Waals surface area contributed by atoms with E-state index in [-0.39, 0.29) is 12.1 Å². The van der Waals surface area contributed by atoms with Gasteiger partial charge in [0.2, 0.25) is 0 Å². The Morgan fingerprint density at radius 1 is 1.33 bits per heavy atom. The second kappa shape index (κ2) is 5.41. The first-order valence-corrected chi connectivity index (χ1v) is 6.38. The lowest BCUT2D eigenvalue weighted by atomic mass is 10.1. The number of nitrogens with zero attached hydrogens (tertiary/aromatic N) is 3. The second-order valence-corrected chi connectivity index (χ2v) is 4.67. The average molecular weight is 285 g/mol. The largest absolute Gasteiger partial charge is 0.387 e. The average Bonchev–Trinajstić information content (AvgIpc) is 2.50. The van der Waals surface area contributed by atoms with Crippen LogP contribution in [0.1, 0.15) is 11.7 Å². The van der Waals surface area contributed by atoms with Crippen molar-refractivity contribution >= 4 is 10.9 Å². The fourth-order valence-electron chi connectivity index (χ4n) is 2.14. The van der Waals surface area contributed by atoms with Gasteiger partial charge in [0.15, 0.2) is 0 Å². The minimum atomic E-state index is -0.987. The molecular weight excluding hydrogens is 273 g/mol. The van der Waals surface area contributed by atoms with E-state index in [9.17, 15) is 14.3 Å². The second-order valence-electron chi connectivity index (χ2n) is 4.67. The number of rotatable bonds is 3. The van der Waals surface area contributed by atoms with Crippen LogP contribution >= 0.6 is 0 Å². The summed E-state index contributed by atoms with van der Waals surface area (Å²) in [4.78, 5) is 20.3. The van der Waals surface area contributed by atoms with E-state index in [0.717, 1.165) is 0 Å². The highest BCUT2D eigenvalue weighted by molar-refractivity contribution is 5.75. The van der Waals surface area contributed by atoms with Crippen molar-refractivity contribution in [1.82, 2.24) is 14.5 Å². The lowest BCUT2D eigenvalue weighted by Crippen LogP contribution is -2.23. The molecule has 0 saturated carbocycles. The molecule has 0 radical (unpaired) electrons. The highest BCUT2D eigenvalue weighted by Gasteiger charge is 2.11. The monoisotopic (exact) mass is 285 g/mol. The van der Waals surface area contributed by atoms with E-state index in [2.05, 4.69) is 9.97 Å². The Bertz CT molecular complexity index is 847. The maximum absolute atomic E-state index is 13.2. The van der Waals surface area contributed by atoms with Crippen LogP contribution in [0.15, 0.2) is 53.8 Å². The molecule has 21 heavy (non-hydrogen) atoms. The fraction of sp³-hybridized carbons (Fsp3) is 0.133. The van der Waals surface area contributed by atoms with Gasteiger partial charge in [0.25, 0.3) is 5.56 Å². The molecule has 2 heterocycles. The van der Waals surface area contributed by atoms with Crippen LogP contribution in [0.3, 0.4) is 0 Å². The molecular formula is C15H12FN3O2. The Labute approximate surface area is 119 Å². The maximum atomic E-state index is 13.2. The molecule has 2 aromatic heterocycles. The van der Waals surface area contributed by atoms with Crippen molar-refractivity contribution in [3.63, 3.8) is 0 Å². The van der Waals surface area contributed by atoms with Crippen molar-refractivity contribution in [2.24, 2.45) is 0 Å². The number of aromatic nitrogens is 3. The number of pyridine rings is 1. The van der Waals surface area contributed by atoms with Crippen LogP contribution in [0.5, 0.6) is 0 Å². The van der Waals surface area contributed by atoms with Gasteiger partial charge >= 0.3 is 0 Å². The third-order valence-electron chi connectivity index (χ3n) is 3.23. The lowest BCUT2D eigenvalue weighted by Gasteiger charge is -2.13. The molecule has 106 valence electrons. The standard InChI is InChI=1S/C15H12FN3O2/c16-11-3-1-2-10(6-11)14(20)8-19-9-18-13-7-17-5-4-12(13)15(19)21/h1-7,9,14,20H,8H2. The summed E-state index contributed by atoms with van der Waals surface area (Å²) < 4.78 is 14.5. The number of fused-ring (bicyclic) bond motifs is 1. The summed E-state index contributed by atoms with van der Waals surface area (Å²) in [5, 5.41) is 10.6. The third kappa shape index (κ3) is 2.66. The van der Waals surface area contributed by atoms with E-state index in [1.165, 1.54) is 41.5 Å². The molecule has 1 N–H and O–H groups in total. The Morgan fingerprint density at radius 2 is 2.19 bits per heavy atom. The number of aliphatic hydroxyl groups is 1. The van der Waals surface area contributed by atoms with Crippen LogP contribution in [0.2, 0.25) is 0 Å². The van der Waals surface area contributed by atoms with Crippen LogP contribution in [-0.4, -0.2) is 19.6 Å². The molecule has 5 nitrogen and oxygen atoms in total. The van der Waals surface area contributed by atoms with E-state index in [0.29, 0.717) is 16.5 Å². The van der Waals surface area contributed by atoms with Gasteiger partial charge in [0.05, 0.1) is 36.1 Å². The van der Waals surface area contributed by atoms with Gasteiger partial charge in [-0.3, -0.25) is 14.3 Å². The van der Waals surface area contributed by atoms with Crippen molar-refractivity contribution in [1.29, 1.82) is 0 Å². The van der Waals surface area contributed by atoms with Crippen LogP contribution in [-0.2, 0) is 6.54 Å². The van der Waals surface area contributed by atoms with Crippen molar-refractivity contribution in [2.75, 3.05) is 0 Å². The number of benzene rings is 1. The van der Waals surface area contributed by atoms with Crippen LogP contribution in [0, 0.1) is 5.82 Å². The molecule has 0 saturated heterocycles. The van der Waals surface area contributed by atoms with Gasteiger partial charge in [-0.2, -0.15) is 0 Å². The maximum Gasteiger partial charge on any atom is 0.261 e. The lowest BCUT2D eigenvalue weighted by molar-refractivity contribution is 0.154. The summed E-state index contributed by atoms with van der Waals surface area (Å²) in [6, 6.07) is 7.24. The van der Waals surface area contributed by atoms with Gasteiger partial charge in [-0.15, -0.1) is 0 Å². The first kappa shape index (κ1) is 13.4. The smallest absolute Gasteiger partial charge is 0.261 e. The highest BCUT2D eigenvalue weighted by Crippen LogP contribution is 2.15. The molecule has 0 aliphatic carbocycles. The van der Waals surface area contributed by atoms with Gasteiger partial charge in [0, 0.05) is 6.20 Å². The third-order valence-corrected chi connectivity index (χ3v) is 3.23. The molecule has 1 aromatic carbocycles. The number of aliphatic hydroxyl groups excluding tert-OH is 1. The van der Waals surface area contributed by atoms with Gasteiger partial charge in [-0.25, -0.2) is 9.37 Å². The first-order chi connectivity index (χ1) is 10.1. The van der Waals surface area contributed by atoms with E-state index in [1.807, 2.05) is 0 Å². The zero-order valence-corrected chi connectivity index (χ0v) is 11.0. The molecule has 3 rings (SSSR count). The molecule has 0 bridgehead atoms. The molecule has 0 spiro atoms. The predicted octanol–water partition coefficient (Wildman–Crippen LogP) is 1.66. The van der Waals surface area contributed by atoms with E-state index in [4.69, 9.17) is 0 Å². The summed E-state index contributed by atoms with van der Waals surface area (Å²) in [5.41, 5.74) is 0.647. The van der Waals surface area contributed by atoms with Crippen molar-refractivity contribution in [2.45, 2.75) is 12.6 Å². The Balaban J connectivity index is 1.95. The van der Waals surface area contributed by atoms with Gasteiger partial charge in [0.1, 0.15) is 5.82 Å². The SMILES string of the molecule is O=c1c2ccncc2ncn1CC(O)c1cccc(F)c1.